The number of rotatable bonds is 4. The molecule has 13 heavy (non-hydrogen) atoms. The monoisotopic (exact) mass is 184 g/mol. The lowest BCUT2D eigenvalue weighted by Crippen LogP contribution is -2.15. The molecule has 0 aromatic rings. The zero-order valence-electron chi connectivity index (χ0n) is 9.23. The summed E-state index contributed by atoms with van der Waals surface area (Å²) >= 11 is 0. The summed E-state index contributed by atoms with van der Waals surface area (Å²) in [5.74, 6) is 2.46. The highest BCUT2D eigenvalue weighted by Crippen LogP contribution is 2.26. The van der Waals surface area contributed by atoms with Gasteiger partial charge >= 0.3 is 0 Å². The van der Waals surface area contributed by atoms with Gasteiger partial charge in [0.2, 0.25) is 0 Å². The predicted octanol–water partition coefficient (Wildman–Crippen LogP) is 3.81. The maximum Gasteiger partial charge on any atom is 0.114 e. The Kier molecular flexibility index (Phi) is 5.06. The van der Waals surface area contributed by atoms with Crippen molar-refractivity contribution < 1.29 is 4.39 Å². The number of halogens is 1. The Bertz CT molecular complexity index is 171. The fraction of sp³-hybridized carbons (Fsp3) is 0.833. The van der Waals surface area contributed by atoms with Crippen LogP contribution in [0, 0.1) is 23.7 Å². The van der Waals surface area contributed by atoms with Crippen LogP contribution in [0.25, 0.3) is 0 Å². The molecule has 0 rings (SSSR count). The van der Waals surface area contributed by atoms with Crippen LogP contribution >= 0.6 is 0 Å². The average molecular weight is 184 g/mol. The van der Waals surface area contributed by atoms with Crippen molar-refractivity contribution in [2.75, 3.05) is 0 Å². The molecule has 0 aromatic heterocycles. The molecule has 0 aliphatic rings. The zero-order chi connectivity index (χ0) is 10.5. The molecule has 0 N–H and O–H groups in total. The molecule has 0 amide bonds. The highest BCUT2D eigenvalue weighted by molar-refractivity contribution is 4.88. The van der Waals surface area contributed by atoms with Crippen LogP contribution in [0.3, 0.4) is 0 Å². The lowest BCUT2D eigenvalue weighted by Gasteiger charge is -2.22. The third-order valence-corrected chi connectivity index (χ3v) is 2.28. The van der Waals surface area contributed by atoms with Gasteiger partial charge in [0.15, 0.2) is 0 Å². The van der Waals surface area contributed by atoms with E-state index in [0.717, 1.165) is 12.8 Å². The number of terminal acetylenes is 1. The van der Waals surface area contributed by atoms with Crippen molar-refractivity contribution >= 4 is 0 Å². The highest BCUT2D eigenvalue weighted by atomic mass is 19.1. The van der Waals surface area contributed by atoms with E-state index in [1.807, 2.05) is 6.92 Å². The lowest BCUT2D eigenvalue weighted by atomic mass is 9.85. The standard InChI is InChI=1S/C12H21F/c1-6-7-11(13)10(2)8-9-12(3,4)5/h1,10-11H,7-9H2,2-5H3. The van der Waals surface area contributed by atoms with E-state index in [2.05, 4.69) is 26.7 Å². The summed E-state index contributed by atoms with van der Waals surface area (Å²) in [4.78, 5) is 0. The number of hydrogen-bond donors (Lipinski definition) is 0. The molecule has 0 saturated heterocycles. The molecule has 0 heterocycles. The molecule has 0 aliphatic heterocycles. The van der Waals surface area contributed by atoms with Crippen LogP contribution in [-0.2, 0) is 0 Å². The second-order valence-corrected chi connectivity index (χ2v) is 5.00. The van der Waals surface area contributed by atoms with Gasteiger partial charge in [-0.3, -0.25) is 0 Å². The summed E-state index contributed by atoms with van der Waals surface area (Å²) in [5.41, 5.74) is 0.296. The van der Waals surface area contributed by atoms with Crippen LogP contribution in [0.5, 0.6) is 0 Å². The Morgan fingerprint density at radius 2 is 1.92 bits per heavy atom. The Labute approximate surface area is 81.9 Å². The Morgan fingerprint density at radius 1 is 1.38 bits per heavy atom. The minimum Gasteiger partial charge on any atom is -0.246 e. The second-order valence-electron chi connectivity index (χ2n) is 5.00. The summed E-state index contributed by atoms with van der Waals surface area (Å²) in [5, 5.41) is 0. The number of alkyl halides is 1. The molecule has 1 heteroatoms. The molecule has 0 aliphatic carbocycles. The zero-order valence-corrected chi connectivity index (χ0v) is 9.23. The van der Waals surface area contributed by atoms with E-state index >= 15 is 0 Å². The molecule has 0 fully saturated rings. The minimum atomic E-state index is -0.827. The van der Waals surface area contributed by atoms with Gasteiger partial charge in [0.25, 0.3) is 0 Å². The summed E-state index contributed by atoms with van der Waals surface area (Å²) < 4.78 is 13.2. The van der Waals surface area contributed by atoms with E-state index in [1.165, 1.54) is 0 Å². The Hall–Kier alpha value is -0.510. The quantitative estimate of drug-likeness (QED) is 0.583. The van der Waals surface area contributed by atoms with Crippen LogP contribution in [0.1, 0.15) is 47.0 Å². The molecule has 0 nitrogen and oxygen atoms in total. The highest BCUT2D eigenvalue weighted by Gasteiger charge is 2.18. The van der Waals surface area contributed by atoms with Gasteiger partial charge < -0.3 is 0 Å². The fourth-order valence-corrected chi connectivity index (χ4v) is 1.16. The molecule has 0 spiro atoms. The third-order valence-electron chi connectivity index (χ3n) is 2.28. The van der Waals surface area contributed by atoms with Crippen molar-refractivity contribution in [2.24, 2.45) is 11.3 Å². The Balaban J connectivity index is 3.75. The second kappa shape index (κ2) is 5.27. The molecule has 0 aromatic carbocycles. The van der Waals surface area contributed by atoms with Crippen LogP contribution in [0.15, 0.2) is 0 Å². The largest absolute Gasteiger partial charge is 0.246 e. The molecule has 76 valence electrons. The van der Waals surface area contributed by atoms with Crippen LogP contribution < -0.4 is 0 Å². The first-order valence-corrected chi connectivity index (χ1v) is 4.94. The first kappa shape index (κ1) is 12.5. The Morgan fingerprint density at radius 3 is 2.31 bits per heavy atom. The first-order chi connectivity index (χ1) is 5.87. The van der Waals surface area contributed by atoms with Gasteiger partial charge in [0.05, 0.1) is 0 Å². The summed E-state index contributed by atoms with van der Waals surface area (Å²) in [6, 6.07) is 0. The van der Waals surface area contributed by atoms with Crippen LogP contribution in [0.2, 0.25) is 0 Å². The van der Waals surface area contributed by atoms with Crippen molar-refractivity contribution in [3.63, 3.8) is 0 Å². The van der Waals surface area contributed by atoms with E-state index < -0.39 is 6.17 Å². The van der Waals surface area contributed by atoms with E-state index in [9.17, 15) is 4.39 Å². The molecule has 0 saturated carbocycles. The van der Waals surface area contributed by atoms with E-state index in [0.29, 0.717) is 5.41 Å². The maximum atomic E-state index is 13.2. The smallest absolute Gasteiger partial charge is 0.114 e. The van der Waals surface area contributed by atoms with Crippen LogP contribution in [-0.4, -0.2) is 6.17 Å². The summed E-state index contributed by atoms with van der Waals surface area (Å²) in [6.07, 6.45) is 6.47. The van der Waals surface area contributed by atoms with Crippen molar-refractivity contribution in [3.05, 3.63) is 0 Å². The maximum absolute atomic E-state index is 13.2. The predicted molar refractivity (Wildman–Crippen MR) is 56.2 cm³/mol. The number of hydrogen-bond acceptors (Lipinski definition) is 0. The van der Waals surface area contributed by atoms with Gasteiger partial charge in [0, 0.05) is 6.42 Å². The van der Waals surface area contributed by atoms with E-state index in [1.54, 1.807) is 0 Å². The van der Waals surface area contributed by atoms with Gasteiger partial charge in [-0.25, -0.2) is 4.39 Å². The van der Waals surface area contributed by atoms with E-state index in [-0.39, 0.29) is 12.3 Å². The van der Waals surface area contributed by atoms with Gasteiger partial charge in [-0.1, -0.05) is 27.7 Å². The molecular weight excluding hydrogens is 163 g/mol. The fourth-order valence-electron chi connectivity index (χ4n) is 1.16. The molecule has 2 unspecified atom stereocenters. The molecular formula is C12H21F. The van der Waals surface area contributed by atoms with Crippen molar-refractivity contribution in [1.29, 1.82) is 0 Å². The summed E-state index contributed by atoms with van der Waals surface area (Å²) in [7, 11) is 0. The molecule has 0 bridgehead atoms. The van der Waals surface area contributed by atoms with Gasteiger partial charge in [0.1, 0.15) is 6.17 Å². The first-order valence-electron chi connectivity index (χ1n) is 4.94. The topological polar surface area (TPSA) is 0 Å². The average Bonchev–Trinajstić information content (AvgIpc) is 1.99. The molecule has 0 radical (unpaired) electrons. The van der Waals surface area contributed by atoms with Gasteiger partial charge in [-0.15, -0.1) is 12.3 Å². The van der Waals surface area contributed by atoms with Gasteiger partial charge in [-0.2, -0.15) is 0 Å². The lowest BCUT2D eigenvalue weighted by molar-refractivity contribution is 0.212. The summed E-state index contributed by atoms with van der Waals surface area (Å²) in [6.45, 7) is 8.46. The van der Waals surface area contributed by atoms with Crippen molar-refractivity contribution in [3.8, 4) is 12.3 Å². The third kappa shape index (κ3) is 6.63. The van der Waals surface area contributed by atoms with Crippen molar-refractivity contribution in [1.82, 2.24) is 0 Å². The van der Waals surface area contributed by atoms with Gasteiger partial charge in [-0.05, 0) is 24.2 Å². The minimum absolute atomic E-state index is 0.0928. The van der Waals surface area contributed by atoms with Crippen molar-refractivity contribution in [2.45, 2.75) is 53.1 Å². The SMILES string of the molecule is C#CCC(F)C(C)CCC(C)(C)C. The normalized spacial score (nSPS) is 16.3. The van der Waals surface area contributed by atoms with E-state index in [4.69, 9.17) is 6.42 Å². The molecule has 2 atom stereocenters. The van der Waals surface area contributed by atoms with Crippen LogP contribution in [0.4, 0.5) is 4.39 Å².